The predicted molar refractivity (Wildman–Crippen MR) is 105 cm³/mol. The monoisotopic (exact) mass is 405 g/mol. The van der Waals surface area contributed by atoms with Gasteiger partial charge < -0.3 is 19.5 Å². The Balaban J connectivity index is 1.95. The Bertz CT molecular complexity index is 843. The fourth-order valence-corrected chi connectivity index (χ4v) is 2.38. The fourth-order valence-electron chi connectivity index (χ4n) is 2.26. The van der Waals surface area contributed by atoms with E-state index in [0.29, 0.717) is 27.8 Å². The summed E-state index contributed by atoms with van der Waals surface area (Å²) in [6.45, 7) is 0.194. The molecule has 0 atom stereocenters. The molecule has 2 amide bonds. The van der Waals surface area contributed by atoms with E-state index in [4.69, 9.17) is 25.8 Å². The van der Waals surface area contributed by atoms with Crippen molar-refractivity contribution in [1.82, 2.24) is 10.7 Å². The summed E-state index contributed by atoms with van der Waals surface area (Å²) in [7, 11) is 4.48. The molecular formula is C19H20ClN3O5. The Hall–Kier alpha value is -3.26. The second-order valence-electron chi connectivity index (χ2n) is 5.47. The molecule has 148 valence electrons. The SMILES string of the molecule is COc1cc(C=NNC(=O)C(=O)NCc2ccc(Cl)cc2)cc(OC)c1OC. The zero-order chi connectivity index (χ0) is 20.5. The summed E-state index contributed by atoms with van der Waals surface area (Å²) in [6, 6.07) is 10.2. The number of amides is 2. The van der Waals surface area contributed by atoms with E-state index in [2.05, 4.69) is 15.8 Å². The summed E-state index contributed by atoms with van der Waals surface area (Å²) in [5, 5.41) is 6.87. The van der Waals surface area contributed by atoms with E-state index in [1.54, 1.807) is 36.4 Å². The first kappa shape index (κ1) is 21.0. The van der Waals surface area contributed by atoms with Crippen molar-refractivity contribution in [3.8, 4) is 17.2 Å². The van der Waals surface area contributed by atoms with Crippen LogP contribution in [0.2, 0.25) is 5.02 Å². The number of halogens is 1. The van der Waals surface area contributed by atoms with Gasteiger partial charge >= 0.3 is 11.8 Å². The molecule has 28 heavy (non-hydrogen) atoms. The molecule has 2 aromatic carbocycles. The van der Waals surface area contributed by atoms with Crippen LogP contribution >= 0.6 is 11.6 Å². The molecule has 0 aliphatic carbocycles. The Morgan fingerprint density at radius 1 is 1.00 bits per heavy atom. The molecule has 0 spiro atoms. The molecule has 0 radical (unpaired) electrons. The Morgan fingerprint density at radius 3 is 2.14 bits per heavy atom. The number of rotatable bonds is 7. The molecule has 0 fully saturated rings. The van der Waals surface area contributed by atoms with Crippen LogP contribution < -0.4 is 25.0 Å². The molecule has 0 aliphatic heterocycles. The Morgan fingerprint density at radius 2 is 1.61 bits per heavy atom. The molecule has 2 N–H and O–H groups in total. The average molecular weight is 406 g/mol. The van der Waals surface area contributed by atoms with E-state index in [-0.39, 0.29) is 6.54 Å². The zero-order valence-corrected chi connectivity index (χ0v) is 16.4. The molecule has 0 heterocycles. The number of benzene rings is 2. The number of hydrogen-bond donors (Lipinski definition) is 2. The molecule has 0 bridgehead atoms. The molecular weight excluding hydrogens is 386 g/mol. The highest BCUT2D eigenvalue weighted by Gasteiger charge is 2.14. The van der Waals surface area contributed by atoms with E-state index in [1.165, 1.54) is 27.5 Å². The number of methoxy groups -OCH3 is 3. The zero-order valence-electron chi connectivity index (χ0n) is 15.6. The van der Waals surface area contributed by atoms with Crippen molar-refractivity contribution in [3.63, 3.8) is 0 Å². The second kappa shape index (κ2) is 10.2. The van der Waals surface area contributed by atoms with Gasteiger partial charge in [0.1, 0.15) is 0 Å². The molecule has 2 rings (SSSR count). The van der Waals surface area contributed by atoms with Crippen molar-refractivity contribution in [2.75, 3.05) is 21.3 Å². The maximum Gasteiger partial charge on any atom is 0.329 e. The molecule has 2 aromatic rings. The van der Waals surface area contributed by atoms with Crippen LogP contribution in [0.15, 0.2) is 41.5 Å². The number of nitrogens with one attached hydrogen (secondary N) is 2. The van der Waals surface area contributed by atoms with Crippen molar-refractivity contribution >= 4 is 29.6 Å². The van der Waals surface area contributed by atoms with Crippen LogP contribution in [0.25, 0.3) is 0 Å². The summed E-state index contributed by atoms with van der Waals surface area (Å²) in [4.78, 5) is 23.7. The molecule has 0 saturated heterocycles. The van der Waals surface area contributed by atoms with Gasteiger partial charge in [-0.1, -0.05) is 23.7 Å². The van der Waals surface area contributed by atoms with Gasteiger partial charge in [-0.05, 0) is 29.8 Å². The topological polar surface area (TPSA) is 98.2 Å². The largest absolute Gasteiger partial charge is 0.493 e. The van der Waals surface area contributed by atoms with Crippen LogP contribution in [-0.2, 0) is 16.1 Å². The lowest BCUT2D eigenvalue weighted by Crippen LogP contribution is -2.37. The van der Waals surface area contributed by atoms with Crippen molar-refractivity contribution in [1.29, 1.82) is 0 Å². The highest BCUT2D eigenvalue weighted by Crippen LogP contribution is 2.37. The molecule has 0 unspecified atom stereocenters. The van der Waals surface area contributed by atoms with Gasteiger partial charge in [0, 0.05) is 17.1 Å². The Kier molecular flexibility index (Phi) is 7.65. The minimum absolute atomic E-state index is 0.194. The van der Waals surface area contributed by atoms with Gasteiger partial charge in [-0.25, -0.2) is 5.43 Å². The lowest BCUT2D eigenvalue weighted by atomic mass is 10.2. The van der Waals surface area contributed by atoms with E-state index in [9.17, 15) is 9.59 Å². The molecule has 0 aliphatic rings. The third-order valence-corrected chi connectivity index (χ3v) is 3.89. The van der Waals surface area contributed by atoms with Crippen LogP contribution in [0.5, 0.6) is 17.2 Å². The highest BCUT2D eigenvalue weighted by atomic mass is 35.5. The summed E-state index contributed by atoms with van der Waals surface area (Å²) in [5.41, 5.74) is 3.56. The van der Waals surface area contributed by atoms with Gasteiger partial charge in [-0.3, -0.25) is 9.59 Å². The van der Waals surface area contributed by atoms with Gasteiger partial charge in [0.2, 0.25) is 5.75 Å². The number of ether oxygens (including phenoxy) is 3. The fraction of sp³-hybridized carbons (Fsp3) is 0.211. The van der Waals surface area contributed by atoms with Gasteiger partial charge in [0.05, 0.1) is 27.5 Å². The van der Waals surface area contributed by atoms with E-state index >= 15 is 0 Å². The lowest BCUT2D eigenvalue weighted by molar-refractivity contribution is -0.139. The normalized spacial score (nSPS) is 10.4. The summed E-state index contributed by atoms with van der Waals surface area (Å²) in [5.74, 6) is -0.381. The highest BCUT2D eigenvalue weighted by molar-refractivity contribution is 6.35. The minimum Gasteiger partial charge on any atom is -0.493 e. The van der Waals surface area contributed by atoms with Crippen molar-refractivity contribution in [3.05, 3.63) is 52.5 Å². The minimum atomic E-state index is -0.891. The van der Waals surface area contributed by atoms with Crippen LogP contribution in [0.3, 0.4) is 0 Å². The molecule has 9 heteroatoms. The van der Waals surface area contributed by atoms with Crippen LogP contribution in [0, 0.1) is 0 Å². The van der Waals surface area contributed by atoms with Crippen LogP contribution in [0.4, 0.5) is 0 Å². The first-order valence-electron chi connectivity index (χ1n) is 8.14. The number of nitrogens with zero attached hydrogens (tertiary/aromatic N) is 1. The van der Waals surface area contributed by atoms with Crippen molar-refractivity contribution < 1.29 is 23.8 Å². The summed E-state index contributed by atoms with van der Waals surface area (Å²) < 4.78 is 15.7. The third kappa shape index (κ3) is 5.62. The van der Waals surface area contributed by atoms with Crippen molar-refractivity contribution in [2.24, 2.45) is 5.10 Å². The van der Waals surface area contributed by atoms with Crippen LogP contribution in [-0.4, -0.2) is 39.4 Å². The van der Waals surface area contributed by atoms with Gasteiger partial charge in [0.25, 0.3) is 0 Å². The van der Waals surface area contributed by atoms with E-state index < -0.39 is 11.8 Å². The third-order valence-electron chi connectivity index (χ3n) is 3.64. The smallest absolute Gasteiger partial charge is 0.329 e. The molecule has 8 nitrogen and oxygen atoms in total. The quantitative estimate of drug-likeness (QED) is 0.418. The number of hydrogen-bond acceptors (Lipinski definition) is 6. The number of hydrazone groups is 1. The number of carbonyl (C=O) groups is 2. The predicted octanol–water partition coefficient (Wildman–Crippen LogP) is 2.13. The second-order valence-corrected chi connectivity index (χ2v) is 5.90. The van der Waals surface area contributed by atoms with E-state index in [1.807, 2.05) is 0 Å². The maximum absolute atomic E-state index is 11.8. The van der Waals surface area contributed by atoms with E-state index in [0.717, 1.165) is 5.56 Å². The number of carbonyl (C=O) groups excluding carboxylic acids is 2. The van der Waals surface area contributed by atoms with Crippen molar-refractivity contribution in [2.45, 2.75) is 6.54 Å². The standard InChI is InChI=1S/C19H20ClN3O5/c1-26-15-8-13(9-16(27-2)17(15)28-3)11-22-23-19(25)18(24)21-10-12-4-6-14(20)7-5-12/h4-9,11H,10H2,1-3H3,(H,21,24)(H,23,25). The van der Waals surface area contributed by atoms with Gasteiger partial charge in [-0.15, -0.1) is 0 Å². The van der Waals surface area contributed by atoms with Gasteiger partial charge in [0.15, 0.2) is 11.5 Å². The van der Waals surface area contributed by atoms with Crippen LogP contribution in [0.1, 0.15) is 11.1 Å². The average Bonchev–Trinajstić information content (AvgIpc) is 2.72. The first-order valence-corrected chi connectivity index (χ1v) is 8.52. The maximum atomic E-state index is 11.8. The molecule has 0 saturated carbocycles. The first-order chi connectivity index (χ1) is 13.5. The Labute approximate surface area is 167 Å². The summed E-state index contributed by atoms with van der Waals surface area (Å²) >= 11 is 5.80. The van der Waals surface area contributed by atoms with Gasteiger partial charge in [-0.2, -0.15) is 5.10 Å². The summed E-state index contributed by atoms with van der Waals surface area (Å²) in [6.07, 6.45) is 1.36. The molecule has 0 aromatic heterocycles. The lowest BCUT2D eigenvalue weighted by Gasteiger charge is -2.12.